The van der Waals surface area contributed by atoms with Crippen molar-refractivity contribution in [3.05, 3.63) is 68.1 Å². The molecule has 2 aromatic carbocycles. The third-order valence-corrected chi connectivity index (χ3v) is 7.57. The fraction of sp³-hybridized carbons (Fsp3) is 0.417. The number of benzene rings is 2. The topological polar surface area (TPSA) is 61.3 Å². The number of hydrogen-bond donors (Lipinski definition) is 1. The van der Waals surface area contributed by atoms with Crippen LogP contribution in [0.25, 0.3) is 11.0 Å². The Kier molecular flexibility index (Phi) is 5.88. The van der Waals surface area contributed by atoms with E-state index in [-0.39, 0.29) is 17.6 Å². The van der Waals surface area contributed by atoms with Gasteiger partial charge in [0.15, 0.2) is 0 Å². The number of halogens is 1. The second-order valence-electron chi connectivity index (χ2n) is 8.61. The fourth-order valence-corrected chi connectivity index (χ4v) is 5.51. The lowest BCUT2D eigenvalue weighted by Crippen LogP contribution is -2.49. The van der Waals surface area contributed by atoms with Crippen molar-refractivity contribution in [2.24, 2.45) is 0 Å². The molecule has 31 heavy (non-hydrogen) atoms. The third-order valence-electron chi connectivity index (χ3n) is 6.85. The summed E-state index contributed by atoms with van der Waals surface area (Å²) in [5, 5.41) is 0. The summed E-state index contributed by atoms with van der Waals surface area (Å²) in [5.74, 6) is 0.146. The van der Waals surface area contributed by atoms with Crippen molar-refractivity contribution < 1.29 is 4.79 Å². The van der Waals surface area contributed by atoms with Crippen molar-refractivity contribution in [2.45, 2.75) is 37.8 Å². The van der Waals surface area contributed by atoms with Crippen LogP contribution in [0.5, 0.6) is 0 Å². The predicted octanol–water partition coefficient (Wildman–Crippen LogP) is 3.88. The molecule has 1 amide bonds. The largest absolute Gasteiger partial charge is 0.339 e. The number of carbonyl (C=O) groups excluding carboxylic acids is 1. The molecule has 0 bridgehead atoms. The maximum atomic E-state index is 12.8. The van der Waals surface area contributed by atoms with Gasteiger partial charge in [-0.1, -0.05) is 12.1 Å². The van der Waals surface area contributed by atoms with Crippen molar-refractivity contribution in [3.8, 4) is 0 Å². The Morgan fingerprint density at radius 2 is 1.52 bits per heavy atom. The molecule has 2 fully saturated rings. The fourth-order valence-electron chi connectivity index (χ4n) is 5.16. The molecule has 7 heteroatoms. The first-order valence-electron chi connectivity index (χ1n) is 11.1. The number of aromatic nitrogens is 2. The van der Waals surface area contributed by atoms with E-state index in [2.05, 4.69) is 32.5 Å². The van der Waals surface area contributed by atoms with Crippen LogP contribution in [-0.2, 0) is 0 Å². The number of carbonyl (C=O) groups is 1. The van der Waals surface area contributed by atoms with E-state index in [0.29, 0.717) is 6.04 Å². The number of H-pyrrole nitrogens is 1. The molecular formula is C24H27IN4O2. The number of likely N-dealkylation sites (tertiary alicyclic amines) is 2. The standard InChI is InChI=1S/C24H27IN4O2/c25-18-7-5-17(6-8-18)23(30)28-15-9-19(10-16-28)27-13-11-20(12-14-27)29-22-4-2-1-3-21(22)26-24(29)31/h1-8,19-20H,9-16H2,(H,26,31). The van der Waals surface area contributed by atoms with Gasteiger partial charge in [0.25, 0.3) is 5.91 Å². The van der Waals surface area contributed by atoms with E-state index in [9.17, 15) is 9.59 Å². The summed E-state index contributed by atoms with van der Waals surface area (Å²) >= 11 is 2.26. The quantitative estimate of drug-likeness (QED) is 0.524. The summed E-state index contributed by atoms with van der Waals surface area (Å²) in [5.41, 5.74) is 2.71. The van der Waals surface area contributed by atoms with Gasteiger partial charge in [-0.15, -0.1) is 0 Å². The summed E-state index contributed by atoms with van der Waals surface area (Å²) in [6.45, 7) is 3.65. The van der Waals surface area contributed by atoms with Gasteiger partial charge in [0, 0.05) is 47.4 Å². The molecule has 2 saturated heterocycles. The Hall–Kier alpha value is -2.13. The van der Waals surface area contributed by atoms with Crippen LogP contribution in [0, 0.1) is 3.57 Å². The monoisotopic (exact) mass is 530 g/mol. The van der Waals surface area contributed by atoms with Gasteiger partial charge in [0.05, 0.1) is 11.0 Å². The summed E-state index contributed by atoms with van der Waals surface area (Å²) < 4.78 is 3.10. The van der Waals surface area contributed by atoms with Crippen LogP contribution >= 0.6 is 22.6 Å². The lowest BCUT2D eigenvalue weighted by Gasteiger charge is -2.42. The number of nitrogens with one attached hydrogen (secondary N) is 1. The molecule has 1 aromatic heterocycles. The molecule has 0 aliphatic carbocycles. The second-order valence-corrected chi connectivity index (χ2v) is 9.86. The molecule has 3 heterocycles. The highest BCUT2D eigenvalue weighted by molar-refractivity contribution is 14.1. The molecule has 0 radical (unpaired) electrons. The minimum Gasteiger partial charge on any atom is -0.339 e. The van der Waals surface area contributed by atoms with Gasteiger partial charge in [-0.3, -0.25) is 9.36 Å². The Morgan fingerprint density at radius 1 is 0.871 bits per heavy atom. The van der Waals surface area contributed by atoms with E-state index in [1.807, 2.05) is 58.0 Å². The minimum absolute atomic E-state index is 0.00192. The van der Waals surface area contributed by atoms with Gasteiger partial charge in [-0.25, -0.2) is 4.79 Å². The van der Waals surface area contributed by atoms with Crippen LogP contribution in [0.3, 0.4) is 0 Å². The predicted molar refractivity (Wildman–Crippen MR) is 130 cm³/mol. The van der Waals surface area contributed by atoms with Crippen molar-refractivity contribution in [1.29, 1.82) is 0 Å². The van der Waals surface area contributed by atoms with Gasteiger partial charge in [0.2, 0.25) is 0 Å². The number of aromatic amines is 1. The Morgan fingerprint density at radius 3 is 2.23 bits per heavy atom. The Labute approximate surface area is 195 Å². The van der Waals surface area contributed by atoms with Crippen LogP contribution < -0.4 is 5.69 Å². The number of hydrogen-bond acceptors (Lipinski definition) is 3. The van der Waals surface area contributed by atoms with Gasteiger partial charge < -0.3 is 14.8 Å². The highest BCUT2D eigenvalue weighted by atomic mass is 127. The second kappa shape index (κ2) is 8.78. The first-order valence-corrected chi connectivity index (χ1v) is 12.2. The molecule has 162 valence electrons. The van der Waals surface area contributed by atoms with Crippen LogP contribution in [0.2, 0.25) is 0 Å². The number of rotatable bonds is 3. The summed E-state index contributed by atoms with van der Waals surface area (Å²) in [6, 6.07) is 16.6. The van der Waals surface area contributed by atoms with Crippen LogP contribution in [0.4, 0.5) is 0 Å². The molecule has 2 aliphatic rings. The van der Waals surface area contributed by atoms with Crippen molar-refractivity contribution >= 4 is 39.5 Å². The highest BCUT2D eigenvalue weighted by Gasteiger charge is 2.31. The summed E-state index contributed by atoms with van der Waals surface area (Å²) in [6.07, 6.45) is 4.02. The zero-order chi connectivity index (χ0) is 21.4. The van der Waals surface area contributed by atoms with E-state index >= 15 is 0 Å². The number of nitrogens with zero attached hydrogens (tertiary/aromatic N) is 3. The smallest absolute Gasteiger partial charge is 0.326 e. The van der Waals surface area contributed by atoms with Gasteiger partial charge in [0.1, 0.15) is 0 Å². The van der Waals surface area contributed by atoms with Gasteiger partial charge >= 0.3 is 5.69 Å². The SMILES string of the molecule is O=C(c1ccc(I)cc1)N1CCC(N2CCC(n3c(=O)[nH]c4ccccc43)CC2)CC1. The van der Waals surface area contributed by atoms with Gasteiger partial charge in [-0.05, 0) is 84.7 Å². The molecule has 0 saturated carbocycles. The zero-order valence-corrected chi connectivity index (χ0v) is 19.6. The number of imidazole rings is 1. The Balaban J connectivity index is 1.18. The van der Waals surface area contributed by atoms with E-state index in [1.54, 1.807) is 0 Å². The lowest BCUT2D eigenvalue weighted by atomic mass is 9.97. The lowest BCUT2D eigenvalue weighted by molar-refractivity contribution is 0.0558. The molecule has 3 aromatic rings. The average Bonchev–Trinajstić information content (AvgIpc) is 3.15. The van der Waals surface area contributed by atoms with E-state index in [0.717, 1.165) is 72.0 Å². The van der Waals surface area contributed by atoms with Crippen LogP contribution in [0.15, 0.2) is 53.3 Å². The zero-order valence-electron chi connectivity index (χ0n) is 17.5. The first kappa shape index (κ1) is 20.8. The number of fused-ring (bicyclic) bond motifs is 1. The summed E-state index contributed by atoms with van der Waals surface area (Å²) in [4.78, 5) is 32.9. The molecule has 2 aliphatic heterocycles. The molecular weight excluding hydrogens is 503 g/mol. The number of para-hydroxylation sites is 2. The third kappa shape index (κ3) is 4.17. The maximum Gasteiger partial charge on any atom is 0.326 e. The number of piperidine rings is 2. The first-order chi connectivity index (χ1) is 15.1. The molecule has 0 spiro atoms. The molecule has 6 nitrogen and oxygen atoms in total. The van der Waals surface area contributed by atoms with Gasteiger partial charge in [-0.2, -0.15) is 0 Å². The van der Waals surface area contributed by atoms with E-state index in [4.69, 9.17) is 0 Å². The molecule has 1 N–H and O–H groups in total. The Bertz CT molecular complexity index is 1120. The van der Waals surface area contributed by atoms with Crippen molar-refractivity contribution in [3.63, 3.8) is 0 Å². The van der Waals surface area contributed by atoms with Crippen LogP contribution in [0.1, 0.15) is 42.1 Å². The van der Waals surface area contributed by atoms with E-state index in [1.165, 1.54) is 0 Å². The number of amides is 1. The molecule has 0 atom stereocenters. The maximum absolute atomic E-state index is 12.8. The van der Waals surface area contributed by atoms with Crippen molar-refractivity contribution in [1.82, 2.24) is 19.4 Å². The summed E-state index contributed by atoms with van der Waals surface area (Å²) in [7, 11) is 0. The average molecular weight is 530 g/mol. The molecule has 5 rings (SSSR count). The molecule has 0 unspecified atom stereocenters. The highest BCUT2D eigenvalue weighted by Crippen LogP contribution is 2.28. The van der Waals surface area contributed by atoms with E-state index < -0.39 is 0 Å². The minimum atomic E-state index is 0.00192. The normalized spacial score (nSPS) is 19.2. The van der Waals surface area contributed by atoms with Crippen molar-refractivity contribution in [2.75, 3.05) is 26.2 Å². The van der Waals surface area contributed by atoms with Crippen LogP contribution in [-0.4, -0.2) is 57.5 Å².